The normalized spacial score (nSPS) is 21.1. The number of rotatable bonds is 5. The average molecular weight is 391 g/mol. The second kappa shape index (κ2) is 8.50. The van der Waals surface area contributed by atoms with Crippen molar-refractivity contribution in [2.45, 2.75) is 25.3 Å². The van der Waals surface area contributed by atoms with E-state index in [0.29, 0.717) is 12.6 Å². The average Bonchev–Trinajstić information content (AvgIpc) is 3.29. The van der Waals surface area contributed by atoms with Crippen LogP contribution in [0, 0.1) is 0 Å². The summed E-state index contributed by atoms with van der Waals surface area (Å²) < 4.78 is 5.42. The molecule has 146 valence electrons. The lowest BCUT2D eigenvalue weighted by molar-refractivity contribution is 0.0292. The zero-order valence-corrected chi connectivity index (χ0v) is 16.3. The Bertz CT molecular complexity index is 787. The highest BCUT2D eigenvalue weighted by molar-refractivity contribution is 6.31. The molecule has 0 aliphatic carbocycles. The van der Waals surface area contributed by atoms with Gasteiger partial charge in [-0.05, 0) is 37.0 Å². The molecular weight excluding hydrogens is 364 g/mol. The number of nitrogens with one attached hydrogen (secondary N) is 2. The Morgan fingerprint density at radius 3 is 3.00 bits per heavy atom. The number of benzene rings is 1. The number of fused-ring (bicyclic) bond motifs is 1. The molecule has 4 rings (SSSR count). The van der Waals surface area contributed by atoms with Crippen LogP contribution in [0.1, 0.15) is 18.4 Å². The quantitative estimate of drug-likeness (QED) is 0.825. The number of aromatic amines is 1. The van der Waals surface area contributed by atoms with Crippen LogP contribution in [0.3, 0.4) is 0 Å². The number of likely N-dealkylation sites (tertiary alicyclic amines) is 1. The maximum Gasteiger partial charge on any atom is 0.317 e. The van der Waals surface area contributed by atoms with Gasteiger partial charge < -0.3 is 19.9 Å². The van der Waals surface area contributed by atoms with Gasteiger partial charge in [0.15, 0.2) is 0 Å². The maximum atomic E-state index is 12.7. The second-order valence-electron chi connectivity index (χ2n) is 7.39. The van der Waals surface area contributed by atoms with Crippen LogP contribution in [0.2, 0.25) is 5.02 Å². The molecule has 7 heteroatoms. The Kier molecular flexibility index (Phi) is 5.86. The third-order valence-electron chi connectivity index (χ3n) is 5.61. The van der Waals surface area contributed by atoms with Gasteiger partial charge in [0, 0.05) is 60.9 Å². The zero-order chi connectivity index (χ0) is 18.6. The molecule has 3 heterocycles. The van der Waals surface area contributed by atoms with Crippen LogP contribution in [0.4, 0.5) is 4.79 Å². The number of hydrogen-bond donors (Lipinski definition) is 2. The van der Waals surface area contributed by atoms with E-state index in [1.165, 1.54) is 10.9 Å². The lowest BCUT2D eigenvalue weighted by Crippen LogP contribution is -2.49. The largest absolute Gasteiger partial charge is 0.379 e. The molecule has 0 saturated carbocycles. The van der Waals surface area contributed by atoms with E-state index >= 15 is 0 Å². The number of carbonyl (C=O) groups is 1. The van der Waals surface area contributed by atoms with Crippen LogP contribution in [-0.4, -0.2) is 72.8 Å². The van der Waals surface area contributed by atoms with Crippen molar-refractivity contribution in [1.29, 1.82) is 0 Å². The first-order valence-electron chi connectivity index (χ1n) is 9.81. The first-order chi connectivity index (χ1) is 13.2. The van der Waals surface area contributed by atoms with Gasteiger partial charge in [0.1, 0.15) is 0 Å². The Hall–Kier alpha value is -1.76. The fourth-order valence-electron chi connectivity index (χ4n) is 4.15. The number of halogens is 1. The van der Waals surface area contributed by atoms with E-state index in [9.17, 15) is 4.79 Å². The number of hydrogen-bond acceptors (Lipinski definition) is 3. The van der Waals surface area contributed by atoms with Crippen LogP contribution in [-0.2, 0) is 11.2 Å². The second-order valence-corrected chi connectivity index (χ2v) is 7.82. The molecule has 2 aliphatic heterocycles. The number of carbonyl (C=O) groups excluding carboxylic acids is 1. The number of amides is 2. The molecule has 0 radical (unpaired) electrons. The molecule has 0 spiro atoms. The third-order valence-corrected chi connectivity index (χ3v) is 5.85. The highest BCUT2D eigenvalue weighted by Crippen LogP contribution is 2.22. The van der Waals surface area contributed by atoms with Crippen molar-refractivity contribution in [1.82, 2.24) is 20.1 Å². The van der Waals surface area contributed by atoms with E-state index in [1.54, 1.807) is 0 Å². The zero-order valence-electron chi connectivity index (χ0n) is 15.5. The molecule has 0 unspecified atom stereocenters. The highest BCUT2D eigenvalue weighted by Gasteiger charge is 2.30. The summed E-state index contributed by atoms with van der Waals surface area (Å²) in [5, 5.41) is 5.00. The molecule has 2 N–H and O–H groups in total. The minimum absolute atomic E-state index is 0.0636. The first kappa shape index (κ1) is 18.6. The summed E-state index contributed by atoms with van der Waals surface area (Å²) in [4.78, 5) is 20.4. The van der Waals surface area contributed by atoms with Crippen LogP contribution in [0.25, 0.3) is 10.9 Å². The van der Waals surface area contributed by atoms with E-state index < -0.39 is 0 Å². The molecular formula is C20H27ClN4O2. The Morgan fingerprint density at radius 2 is 2.15 bits per heavy atom. The Labute approximate surface area is 164 Å². The molecule has 2 fully saturated rings. The van der Waals surface area contributed by atoms with Gasteiger partial charge in [0.05, 0.1) is 13.2 Å². The minimum atomic E-state index is 0.0636. The summed E-state index contributed by atoms with van der Waals surface area (Å²) in [5.74, 6) is 0. The number of urea groups is 1. The first-order valence-corrected chi connectivity index (χ1v) is 10.2. The molecule has 2 aliphatic rings. The van der Waals surface area contributed by atoms with Crippen molar-refractivity contribution in [2.24, 2.45) is 0 Å². The van der Waals surface area contributed by atoms with Crippen LogP contribution < -0.4 is 5.32 Å². The molecule has 2 saturated heterocycles. The fraction of sp³-hybridized carbons (Fsp3) is 0.550. The van der Waals surface area contributed by atoms with E-state index in [2.05, 4.69) is 15.2 Å². The van der Waals surface area contributed by atoms with Crippen molar-refractivity contribution in [3.63, 3.8) is 0 Å². The van der Waals surface area contributed by atoms with Gasteiger partial charge in [0.2, 0.25) is 0 Å². The smallest absolute Gasteiger partial charge is 0.317 e. The van der Waals surface area contributed by atoms with Gasteiger partial charge >= 0.3 is 6.03 Å². The van der Waals surface area contributed by atoms with Gasteiger partial charge in [-0.25, -0.2) is 4.79 Å². The lowest BCUT2D eigenvalue weighted by atomic mass is 10.1. The molecule has 2 aromatic rings. The van der Waals surface area contributed by atoms with Crippen molar-refractivity contribution in [3.8, 4) is 0 Å². The van der Waals surface area contributed by atoms with Gasteiger partial charge in [-0.3, -0.25) is 4.90 Å². The summed E-state index contributed by atoms with van der Waals surface area (Å²) >= 11 is 6.04. The maximum absolute atomic E-state index is 12.7. The summed E-state index contributed by atoms with van der Waals surface area (Å²) in [6.45, 7) is 5.98. The molecule has 1 aromatic heterocycles. The molecule has 2 amide bonds. The summed E-state index contributed by atoms with van der Waals surface area (Å²) in [6.07, 6.45) is 4.99. The molecule has 6 nitrogen and oxygen atoms in total. The Morgan fingerprint density at radius 1 is 1.30 bits per heavy atom. The van der Waals surface area contributed by atoms with Gasteiger partial charge in [-0.1, -0.05) is 17.7 Å². The van der Waals surface area contributed by atoms with Crippen molar-refractivity contribution in [3.05, 3.63) is 35.0 Å². The molecule has 1 atom stereocenters. The third kappa shape index (κ3) is 4.39. The summed E-state index contributed by atoms with van der Waals surface area (Å²) in [7, 11) is 0. The highest BCUT2D eigenvalue weighted by atomic mass is 35.5. The van der Waals surface area contributed by atoms with E-state index in [4.69, 9.17) is 16.3 Å². The van der Waals surface area contributed by atoms with Crippen molar-refractivity contribution in [2.75, 3.05) is 45.9 Å². The lowest BCUT2D eigenvalue weighted by Gasteiger charge is -2.32. The monoisotopic (exact) mass is 390 g/mol. The van der Waals surface area contributed by atoms with Crippen molar-refractivity contribution < 1.29 is 9.53 Å². The predicted octanol–water partition coefficient (Wildman–Crippen LogP) is 2.87. The number of morpholine rings is 1. The predicted molar refractivity (Wildman–Crippen MR) is 107 cm³/mol. The van der Waals surface area contributed by atoms with Crippen LogP contribution in [0.5, 0.6) is 0 Å². The molecule has 1 aromatic carbocycles. The fourth-order valence-corrected chi connectivity index (χ4v) is 4.32. The molecule has 27 heavy (non-hydrogen) atoms. The van der Waals surface area contributed by atoms with Crippen LogP contribution in [0.15, 0.2) is 24.4 Å². The standard InChI is InChI=1S/C20H27ClN4O2/c21-16-3-4-18-15(13-23-19(18)12-16)5-6-22-20(26)25-7-1-2-17(25)14-24-8-10-27-11-9-24/h3-4,12-13,17,23H,1-2,5-11,14H2,(H,22,26)/t17-/m1/s1. The van der Waals surface area contributed by atoms with E-state index in [1.807, 2.05) is 29.3 Å². The topological polar surface area (TPSA) is 60.6 Å². The van der Waals surface area contributed by atoms with Crippen LogP contribution >= 0.6 is 11.6 Å². The minimum Gasteiger partial charge on any atom is -0.379 e. The number of H-pyrrole nitrogens is 1. The molecule has 0 bridgehead atoms. The van der Waals surface area contributed by atoms with E-state index in [-0.39, 0.29) is 6.03 Å². The van der Waals surface area contributed by atoms with Gasteiger partial charge in [-0.15, -0.1) is 0 Å². The van der Waals surface area contributed by atoms with Crippen molar-refractivity contribution >= 4 is 28.5 Å². The number of nitrogens with zero attached hydrogens (tertiary/aromatic N) is 2. The van der Waals surface area contributed by atoms with Gasteiger partial charge in [0.25, 0.3) is 0 Å². The number of ether oxygens (including phenoxy) is 1. The Balaban J connectivity index is 1.29. The number of aromatic nitrogens is 1. The summed E-state index contributed by atoms with van der Waals surface area (Å²) in [5.41, 5.74) is 2.24. The van der Waals surface area contributed by atoms with E-state index in [0.717, 1.165) is 69.2 Å². The van der Waals surface area contributed by atoms with Gasteiger partial charge in [-0.2, -0.15) is 0 Å². The summed E-state index contributed by atoms with van der Waals surface area (Å²) in [6, 6.07) is 6.25. The SMILES string of the molecule is O=C(NCCc1c[nH]c2cc(Cl)ccc12)N1CCC[C@@H]1CN1CCOCC1.